The van der Waals surface area contributed by atoms with E-state index in [1.54, 1.807) is 12.1 Å². The summed E-state index contributed by atoms with van der Waals surface area (Å²) in [5, 5.41) is 3.34. The first-order valence-electron chi connectivity index (χ1n) is 6.96. The molecular weight excluding hydrogens is 262 g/mol. The number of nitrogens with one attached hydrogen (secondary N) is 1. The zero-order chi connectivity index (χ0) is 14.6. The Morgan fingerprint density at radius 3 is 2.65 bits per heavy atom. The van der Waals surface area contributed by atoms with Gasteiger partial charge in [-0.3, -0.25) is 4.90 Å². The number of nitrogens with zero attached hydrogens (tertiary/aromatic N) is 1. The van der Waals surface area contributed by atoms with Gasteiger partial charge in [0.05, 0.1) is 13.2 Å². The van der Waals surface area contributed by atoms with E-state index in [1.165, 1.54) is 12.1 Å². The van der Waals surface area contributed by atoms with Gasteiger partial charge < -0.3 is 10.1 Å². The van der Waals surface area contributed by atoms with Gasteiger partial charge in [-0.1, -0.05) is 24.3 Å². The molecule has 1 atom stereocenters. The molecule has 1 aliphatic heterocycles. The molecule has 1 heterocycles. The number of hydrogen-bond acceptors (Lipinski definition) is 3. The SMILES string of the molecule is C[C@@H]1COCCN1CNCc1ccc(C(C)(F)F)cc1. The van der Waals surface area contributed by atoms with Crippen molar-refractivity contribution in [3.05, 3.63) is 35.4 Å². The summed E-state index contributed by atoms with van der Waals surface area (Å²) in [6, 6.07) is 6.91. The topological polar surface area (TPSA) is 24.5 Å². The normalized spacial score (nSPS) is 21.1. The predicted octanol–water partition coefficient (Wildman–Crippen LogP) is 2.57. The molecule has 1 aromatic carbocycles. The lowest BCUT2D eigenvalue weighted by Gasteiger charge is -2.33. The Morgan fingerprint density at radius 1 is 1.35 bits per heavy atom. The molecule has 0 aliphatic carbocycles. The van der Waals surface area contributed by atoms with Crippen LogP contribution in [0.3, 0.4) is 0 Å². The van der Waals surface area contributed by atoms with Crippen LogP contribution in [0, 0.1) is 0 Å². The second-order valence-electron chi connectivity index (χ2n) is 5.41. The molecule has 112 valence electrons. The summed E-state index contributed by atoms with van der Waals surface area (Å²) in [5.41, 5.74) is 1.07. The number of rotatable bonds is 5. The van der Waals surface area contributed by atoms with Crippen LogP contribution in [-0.4, -0.2) is 37.4 Å². The van der Waals surface area contributed by atoms with Crippen molar-refractivity contribution in [3.8, 4) is 0 Å². The number of ether oxygens (including phenoxy) is 1. The first kappa shape index (κ1) is 15.4. The molecule has 1 fully saturated rings. The van der Waals surface area contributed by atoms with Gasteiger partial charge in [0.2, 0.25) is 0 Å². The van der Waals surface area contributed by atoms with Crippen molar-refractivity contribution < 1.29 is 13.5 Å². The zero-order valence-electron chi connectivity index (χ0n) is 12.0. The molecule has 1 saturated heterocycles. The van der Waals surface area contributed by atoms with E-state index in [9.17, 15) is 8.78 Å². The summed E-state index contributed by atoms with van der Waals surface area (Å²) >= 11 is 0. The molecule has 0 radical (unpaired) electrons. The third-order valence-corrected chi connectivity index (χ3v) is 3.61. The van der Waals surface area contributed by atoms with Gasteiger partial charge in [-0.05, 0) is 12.5 Å². The summed E-state index contributed by atoms with van der Waals surface area (Å²) < 4.78 is 31.6. The van der Waals surface area contributed by atoms with Crippen LogP contribution in [-0.2, 0) is 17.2 Å². The molecule has 0 bridgehead atoms. The van der Waals surface area contributed by atoms with Crippen LogP contribution in [0.15, 0.2) is 24.3 Å². The summed E-state index contributed by atoms with van der Waals surface area (Å²) in [4.78, 5) is 2.32. The van der Waals surface area contributed by atoms with Gasteiger partial charge in [-0.25, -0.2) is 8.78 Å². The lowest BCUT2D eigenvalue weighted by molar-refractivity contribution is -0.00411. The molecule has 0 saturated carbocycles. The Bertz CT molecular complexity index is 417. The van der Waals surface area contributed by atoms with E-state index >= 15 is 0 Å². The minimum absolute atomic E-state index is 0.0584. The van der Waals surface area contributed by atoms with Crippen molar-refractivity contribution >= 4 is 0 Å². The van der Waals surface area contributed by atoms with Crippen molar-refractivity contribution in [2.75, 3.05) is 26.4 Å². The predicted molar refractivity (Wildman–Crippen MR) is 74.7 cm³/mol. The maximum Gasteiger partial charge on any atom is 0.270 e. The van der Waals surface area contributed by atoms with E-state index in [4.69, 9.17) is 4.74 Å². The Hall–Kier alpha value is -1.04. The van der Waals surface area contributed by atoms with Crippen molar-refractivity contribution in [1.29, 1.82) is 0 Å². The Morgan fingerprint density at radius 2 is 2.05 bits per heavy atom. The van der Waals surface area contributed by atoms with Gasteiger partial charge >= 0.3 is 0 Å². The number of benzene rings is 1. The largest absolute Gasteiger partial charge is 0.379 e. The second kappa shape index (κ2) is 6.61. The summed E-state index contributed by atoms with van der Waals surface area (Å²) in [5.74, 6) is -2.77. The monoisotopic (exact) mass is 284 g/mol. The minimum Gasteiger partial charge on any atom is -0.379 e. The lowest BCUT2D eigenvalue weighted by Crippen LogP contribution is -2.47. The van der Waals surface area contributed by atoms with E-state index in [0.29, 0.717) is 12.6 Å². The van der Waals surface area contributed by atoms with Crippen molar-refractivity contribution in [3.63, 3.8) is 0 Å². The molecule has 2 rings (SSSR count). The van der Waals surface area contributed by atoms with Gasteiger partial charge in [0.15, 0.2) is 0 Å². The van der Waals surface area contributed by atoms with Crippen LogP contribution in [0.2, 0.25) is 0 Å². The van der Waals surface area contributed by atoms with Crippen LogP contribution in [0.4, 0.5) is 8.78 Å². The standard InChI is InChI=1S/C15H22F2N2O/c1-12-10-20-8-7-19(12)11-18-9-13-3-5-14(6-4-13)15(2,16)17/h3-6,12,18H,7-11H2,1-2H3/t12-/m1/s1. The molecule has 0 amide bonds. The molecule has 0 aromatic heterocycles. The van der Waals surface area contributed by atoms with Gasteiger partial charge in [0.25, 0.3) is 5.92 Å². The van der Waals surface area contributed by atoms with Crippen LogP contribution in [0.25, 0.3) is 0 Å². The maximum atomic E-state index is 13.1. The van der Waals surface area contributed by atoms with Crippen molar-refractivity contribution in [1.82, 2.24) is 10.2 Å². The highest BCUT2D eigenvalue weighted by Crippen LogP contribution is 2.26. The van der Waals surface area contributed by atoms with Crippen LogP contribution >= 0.6 is 0 Å². The fourth-order valence-corrected chi connectivity index (χ4v) is 2.26. The van der Waals surface area contributed by atoms with Gasteiger partial charge in [0.1, 0.15) is 0 Å². The van der Waals surface area contributed by atoms with Crippen LogP contribution in [0.5, 0.6) is 0 Å². The van der Waals surface area contributed by atoms with E-state index in [0.717, 1.165) is 38.9 Å². The van der Waals surface area contributed by atoms with E-state index in [1.807, 2.05) is 0 Å². The molecular formula is C15H22F2N2O. The molecule has 3 nitrogen and oxygen atoms in total. The second-order valence-corrected chi connectivity index (χ2v) is 5.41. The summed E-state index contributed by atoms with van der Waals surface area (Å²) in [7, 11) is 0. The van der Waals surface area contributed by atoms with Crippen molar-refractivity contribution in [2.24, 2.45) is 0 Å². The Balaban J connectivity index is 1.79. The first-order valence-corrected chi connectivity index (χ1v) is 6.96. The Kier molecular flexibility index (Phi) is 5.07. The molecule has 1 aromatic rings. The Labute approximate surface area is 118 Å². The number of halogens is 2. The quantitative estimate of drug-likeness (QED) is 0.899. The number of morpholine rings is 1. The third kappa shape index (κ3) is 4.23. The molecule has 0 spiro atoms. The number of alkyl halides is 2. The van der Waals surface area contributed by atoms with Gasteiger partial charge in [-0.15, -0.1) is 0 Å². The van der Waals surface area contributed by atoms with Crippen LogP contribution < -0.4 is 5.32 Å². The molecule has 20 heavy (non-hydrogen) atoms. The zero-order valence-corrected chi connectivity index (χ0v) is 12.0. The highest BCUT2D eigenvalue weighted by atomic mass is 19.3. The third-order valence-electron chi connectivity index (χ3n) is 3.61. The van der Waals surface area contributed by atoms with Crippen molar-refractivity contribution in [2.45, 2.75) is 32.4 Å². The lowest BCUT2D eigenvalue weighted by atomic mass is 10.1. The fraction of sp³-hybridized carbons (Fsp3) is 0.600. The molecule has 0 unspecified atom stereocenters. The molecule has 1 N–H and O–H groups in total. The van der Waals surface area contributed by atoms with Gasteiger partial charge in [0, 0.05) is 38.3 Å². The first-order chi connectivity index (χ1) is 9.47. The highest BCUT2D eigenvalue weighted by Gasteiger charge is 2.23. The highest BCUT2D eigenvalue weighted by molar-refractivity contribution is 5.25. The smallest absolute Gasteiger partial charge is 0.270 e. The number of hydrogen-bond donors (Lipinski definition) is 1. The van der Waals surface area contributed by atoms with E-state index in [2.05, 4.69) is 17.1 Å². The molecule has 1 aliphatic rings. The van der Waals surface area contributed by atoms with E-state index < -0.39 is 5.92 Å². The molecule has 5 heteroatoms. The summed E-state index contributed by atoms with van der Waals surface area (Å²) in [6.07, 6.45) is 0. The average molecular weight is 284 g/mol. The van der Waals surface area contributed by atoms with E-state index in [-0.39, 0.29) is 5.56 Å². The fourth-order valence-electron chi connectivity index (χ4n) is 2.26. The maximum absolute atomic E-state index is 13.1. The minimum atomic E-state index is -2.77. The van der Waals surface area contributed by atoms with Gasteiger partial charge in [-0.2, -0.15) is 0 Å². The van der Waals surface area contributed by atoms with Crippen LogP contribution in [0.1, 0.15) is 25.0 Å². The average Bonchev–Trinajstić information content (AvgIpc) is 2.40. The summed E-state index contributed by atoms with van der Waals surface area (Å²) in [6.45, 7) is 6.98.